The maximum Gasteiger partial charge on any atom is 0.134 e. The molecule has 96 valence electrons. The van der Waals surface area contributed by atoms with Crippen LogP contribution >= 0.6 is 0 Å². The molecule has 1 aromatic carbocycles. The molecule has 1 saturated carbocycles. The summed E-state index contributed by atoms with van der Waals surface area (Å²) in [4.78, 5) is 0. The molecule has 0 aliphatic heterocycles. The first-order valence-electron chi connectivity index (χ1n) is 7.00. The van der Waals surface area contributed by atoms with E-state index in [4.69, 9.17) is 4.42 Å². The zero-order valence-corrected chi connectivity index (χ0v) is 11.2. The number of benzene rings is 1. The molecule has 0 radical (unpaired) electrons. The molecule has 0 saturated heterocycles. The Labute approximate surface area is 108 Å². The van der Waals surface area contributed by atoms with Crippen LogP contribution in [0.15, 0.2) is 28.7 Å². The number of furan rings is 1. The Hall–Kier alpha value is -1.28. The predicted molar refractivity (Wildman–Crippen MR) is 75.0 cm³/mol. The molecule has 1 fully saturated rings. The molecule has 0 spiro atoms. The summed E-state index contributed by atoms with van der Waals surface area (Å²) in [5.74, 6) is 2.62. The lowest BCUT2D eigenvalue weighted by Gasteiger charge is -2.02. The van der Waals surface area contributed by atoms with Crippen LogP contribution in [-0.4, -0.2) is 13.1 Å². The minimum Gasteiger partial charge on any atom is -0.461 e. The van der Waals surface area contributed by atoms with Gasteiger partial charge in [0.15, 0.2) is 0 Å². The summed E-state index contributed by atoms with van der Waals surface area (Å²) < 4.78 is 5.85. The Balaban J connectivity index is 1.78. The first-order chi connectivity index (χ1) is 8.81. The molecule has 0 amide bonds. The van der Waals surface area contributed by atoms with Crippen LogP contribution in [0.4, 0.5) is 0 Å². The van der Waals surface area contributed by atoms with E-state index in [1.165, 1.54) is 23.8 Å². The molecule has 1 N–H and O–H groups in total. The SMILES string of the molecule is CCCNCC1CC1c1c(C)oc2ccccc12. The van der Waals surface area contributed by atoms with Gasteiger partial charge in [-0.25, -0.2) is 0 Å². The van der Waals surface area contributed by atoms with Crippen molar-refractivity contribution in [2.75, 3.05) is 13.1 Å². The molecule has 1 aliphatic rings. The van der Waals surface area contributed by atoms with Crippen molar-refractivity contribution in [1.29, 1.82) is 0 Å². The summed E-state index contributed by atoms with van der Waals surface area (Å²) in [6.07, 6.45) is 2.52. The highest BCUT2D eigenvalue weighted by molar-refractivity contribution is 5.83. The van der Waals surface area contributed by atoms with Crippen molar-refractivity contribution >= 4 is 11.0 Å². The highest BCUT2D eigenvalue weighted by Gasteiger charge is 2.40. The van der Waals surface area contributed by atoms with Gasteiger partial charge in [-0.2, -0.15) is 0 Å². The fourth-order valence-electron chi connectivity index (χ4n) is 2.94. The van der Waals surface area contributed by atoms with E-state index in [1.807, 2.05) is 6.07 Å². The van der Waals surface area contributed by atoms with E-state index in [2.05, 4.69) is 37.4 Å². The molecular formula is C16H21NO. The minimum atomic E-state index is 0.706. The summed E-state index contributed by atoms with van der Waals surface area (Å²) in [5.41, 5.74) is 2.49. The Morgan fingerprint density at radius 3 is 3.00 bits per heavy atom. The molecule has 2 atom stereocenters. The molecule has 1 heterocycles. The van der Waals surface area contributed by atoms with Crippen LogP contribution in [0.2, 0.25) is 0 Å². The molecule has 2 nitrogen and oxygen atoms in total. The molecule has 3 rings (SSSR count). The van der Waals surface area contributed by atoms with Crippen molar-refractivity contribution in [3.05, 3.63) is 35.6 Å². The maximum absolute atomic E-state index is 5.85. The van der Waals surface area contributed by atoms with Crippen LogP contribution in [0.5, 0.6) is 0 Å². The van der Waals surface area contributed by atoms with Gasteiger partial charge in [-0.3, -0.25) is 0 Å². The van der Waals surface area contributed by atoms with Gasteiger partial charge < -0.3 is 9.73 Å². The maximum atomic E-state index is 5.85. The van der Waals surface area contributed by atoms with Gasteiger partial charge in [0.1, 0.15) is 11.3 Å². The van der Waals surface area contributed by atoms with Gasteiger partial charge in [0.25, 0.3) is 0 Å². The second-order valence-corrected chi connectivity index (χ2v) is 5.37. The monoisotopic (exact) mass is 243 g/mol. The molecule has 1 aliphatic carbocycles. The van der Waals surface area contributed by atoms with Crippen molar-refractivity contribution in [2.45, 2.75) is 32.6 Å². The quantitative estimate of drug-likeness (QED) is 0.807. The Bertz CT molecular complexity index is 543. The number of hydrogen-bond donors (Lipinski definition) is 1. The van der Waals surface area contributed by atoms with Crippen molar-refractivity contribution in [3.63, 3.8) is 0 Å². The van der Waals surface area contributed by atoms with Gasteiger partial charge in [-0.15, -0.1) is 0 Å². The molecule has 2 aromatic rings. The topological polar surface area (TPSA) is 25.2 Å². The predicted octanol–water partition coefficient (Wildman–Crippen LogP) is 3.84. The molecule has 2 heteroatoms. The van der Waals surface area contributed by atoms with Crippen molar-refractivity contribution in [3.8, 4) is 0 Å². The van der Waals surface area contributed by atoms with Crippen LogP contribution in [0, 0.1) is 12.8 Å². The Morgan fingerprint density at radius 2 is 2.17 bits per heavy atom. The lowest BCUT2D eigenvalue weighted by molar-refractivity contribution is 0.568. The molecule has 2 unspecified atom stereocenters. The average molecular weight is 243 g/mol. The number of hydrogen-bond acceptors (Lipinski definition) is 2. The lowest BCUT2D eigenvalue weighted by Crippen LogP contribution is -2.17. The van der Waals surface area contributed by atoms with Crippen molar-refractivity contribution < 1.29 is 4.42 Å². The first-order valence-corrected chi connectivity index (χ1v) is 7.00. The molecule has 18 heavy (non-hydrogen) atoms. The van der Waals surface area contributed by atoms with Gasteiger partial charge in [0, 0.05) is 10.9 Å². The van der Waals surface area contributed by atoms with Gasteiger partial charge in [-0.1, -0.05) is 25.1 Å². The molecule has 1 aromatic heterocycles. The normalized spacial score (nSPS) is 22.6. The van der Waals surface area contributed by atoms with E-state index in [9.17, 15) is 0 Å². The van der Waals surface area contributed by atoms with Gasteiger partial charge >= 0.3 is 0 Å². The Kier molecular flexibility index (Phi) is 3.13. The van der Waals surface area contributed by atoms with Gasteiger partial charge in [0.05, 0.1) is 0 Å². The average Bonchev–Trinajstić information content (AvgIpc) is 3.03. The lowest BCUT2D eigenvalue weighted by atomic mass is 10.1. The fraction of sp³-hybridized carbons (Fsp3) is 0.500. The summed E-state index contributed by atoms with van der Waals surface area (Å²) in [5, 5.41) is 4.84. The number of nitrogens with one attached hydrogen (secondary N) is 1. The third kappa shape index (κ3) is 2.05. The smallest absolute Gasteiger partial charge is 0.134 e. The summed E-state index contributed by atoms with van der Waals surface area (Å²) >= 11 is 0. The number of para-hydroxylation sites is 1. The highest BCUT2D eigenvalue weighted by Crippen LogP contribution is 2.50. The third-order valence-electron chi connectivity index (χ3n) is 3.95. The largest absolute Gasteiger partial charge is 0.461 e. The third-order valence-corrected chi connectivity index (χ3v) is 3.95. The van der Waals surface area contributed by atoms with Gasteiger partial charge in [-0.05, 0) is 50.8 Å². The standard InChI is InChI=1S/C16H21NO/c1-3-8-17-10-12-9-14(12)16-11(2)18-15-7-5-4-6-13(15)16/h4-7,12,14,17H,3,8-10H2,1-2H3. The number of rotatable bonds is 5. The summed E-state index contributed by atoms with van der Waals surface area (Å²) in [6.45, 7) is 6.60. The van der Waals surface area contributed by atoms with Gasteiger partial charge in [0.2, 0.25) is 0 Å². The first kappa shape index (κ1) is 11.8. The molecular weight excluding hydrogens is 222 g/mol. The van der Waals surface area contributed by atoms with Crippen LogP contribution in [-0.2, 0) is 0 Å². The van der Waals surface area contributed by atoms with E-state index < -0.39 is 0 Å². The fourth-order valence-corrected chi connectivity index (χ4v) is 2.94. The number of fused-ring (bicyclic) bond motifs is 1. The summed E-state index contributed by atoms with van der Waals surface area (Å²) in [6, 6.07) is 8.41. The second-order valence-electron chi connectivity index (χ2n) is 5.37. The summed E-state index contributed by atoms with van der Waals surface area (Å²) in [7, 11) is 0. The van der Waals surface area contributed by atoms with E-state index in [-0.39, 0.29) is 0 Å². The molecule has 0 bridgehead atoms. The second kappa shape index (κ2) is 4.77. The van der Waals surface area contributed by atoms with E-state index >= 15 is 0 Å². The van der Waals surface area contributed by atoms with Crippen LogP contribution < -0.4 is 5.32 Å². The van der Waals surface area contributed by atoms with Crippen LogP contribution in [0.3, 0.4) is 0 Å². The van der Waals surface area contributed by atoms with E-state index in [0.29, 0.717) is 5.92 Å². The number of aryl methyl sites for hydroxylation is 1. The minimum absolute atomic E-state index is 0.706. The van der Waals surface area contributed by atoms with Crippen molar-refractivity contribution in [1.82, 2.24) is 5.32 Å². The highest BCUT2D eigenvalue weighted by atomic mass is 16.3. The van der Waals surface area contributed by atoms with E-state index in [1.54, 1.807) is 0 Å². The Morgan fingerprint density at radius 1 is 1.33 bits per heavy atom. The van der Waals surface area contributed by atoms with Crippen LogP contribution in [0.25, 0.3) is 11.0 Å². The van der Waals surface area contributed by atoms with Crippen molar-refractivity contribution in [2.24, 2.45) is 5.92 Å². The van der Waals surface area contributed by atoms with Crippen LogP contribution in [0.1, 0.15) is 37.0 Å². The zero-order chi connectivity index (χ0) is 12.5. The zero-order valence-electron chi connectivity index (χ0n) is 11.2. The van der Waals surface area contributed by atoms with E-state index in [0.717, 1.165) is 30.4 Å².